The monoisotopic (exact) mass is 238 g/mol. The molecule has 1 aromatic rings. The van der Waals surface area contributed by atoms with Crippen molar-refractivity contribution in [3.8, 4) is 11.5 Å². The fourth-order valence-electron chi connectivity index (χ4n) is 0.493. The molecule has 0 saturated carbocycles. The number of rotatable bonds is 0. The number of aromatic hydroxyl groups is 2. The van der Waals surface area contributed by atoms with E-state index in [4.69, 9.17) is 10.2 Å². The van der Waals surface area contributed by atoms with E-state index >= 15 is 0 Å². The van der Waals surface area contributed by atoms with Gasteiger partial charge in [-0.1, -0.05) is 6.07 Å². The highest BCUT2D eigenvalue weighted by molar-refractivity contribution is 14.0. The van der Waals surface area contributed by atoms with Crippen LogP contribution < -0.4 is 0 Å². The molecule has 0 amide bonds. The number of phenolic OH excluding ortho intramolecular Hbond substituents is 2. The van der Waals surface area contributed by atoms with Gasteiger partial charge >= 0.3 is 0 Å². The minimum absolute atomic E-state index is 0. The topological polar surface area (TPSA) is 40.5 Å². The van der Waals surface area contributed by atoms with Crippen LogP contribution in [0.25, 0.3) is 0 Å². The highest BCUT2D eigenvalue weighted by Gasteiger charge is 1.85. The minimum atomic E-state index is 0. The predicted octanol–water partition coefficient (Wildman–Crippen LogP) is 1.72. The maximum absolute atomic E-state index is 8.65. The number of hydrogen-bond acceptors (Lipinski definition) is 2. The summed E-state index contributed by atoms with van der Waals surface area (Å²) >= 11 is 0. The second-order valence-electron chi connectivity index (χ2n) is 1.52. The van der Waals surface area contributed by atoms with Crippen LogP contribution in [0, 0.1) is 0 Å². The van der Waals surface area contributed by atoms with Gasteiger partial charge in [0.05, 0.1) is 0 Å². The van der Waals surface area contributed by atoms with Gasteiger partial charge in [0, 0.05) is 6.07 Å². The quantitative estimate of drug-likeness (QED) is 0.675. The first-order valence-corrected chi connectivity index (χ1v) is 2.27. The van der Waals surface area contributed by atoms with Crippen LogP contribution >= 0.6 is 24.0 Å². The molecule has 0 radical (unpaired) electrons. The molecular formula is C6H7IO2. The summed E-state index contributed by atoms with van der Waals surface area (Å²) in [5, 5.41) is 17.3. The molecule has 0 spiro atoms. The molecule has 1 aromatic carbocycles. The second-order valence-corrected chi connectivity index (χ2v) is 1.52. The Labute approximate surface area is 70.2 Å². The number of hydrogen-bond donors (Lipinski definition) is 2. The molecule has 0 aliphatic rings. The van der Waals surface area contributed by atoms with Crippen molar-refractivity contribution in [3.63, 3.8) is 0 Å². The van der Waals surface area contributed by atoms with Crippen LogP contribution in [0.5, 0.6) is 11.5 Å². The Bertz CT molecular complexity index is 171. The van der Waals surface area contributed by atoms with Crippen molar-refractivity contribution in [2.24, 2.45) is 0 Å². The molecule has 2 nitrogen and oxygen atoms in total. The van der Waals surface area contributed by atoms with Gasteiger partial charge in [-0.3, -0.25) is 0 Å². The molecule has 50 valence electrons. The SMILES string of the molecule is I.Oc1cccc(O)c1. The van der Waals surface area contributed by atoms with Crippen LogP contribution in [-0.4, -0.2) is 10.2 Å². The first-order valence-electron chi connectivity index (χ1n) is 2.27. The standard InChI is InChI=1S/C6H6O2.HI/c7-5-2-1-3-6(8)4-5;/h1-4,7-8H;1H. The van der Waals surface area contributed by atoms with E-state index in [1.807, 2.05) is 0 Å². The van der Waals surface area contributed by atoms with Crippen molar-refractivity contribution in [1.29, 1.82) is 0 Å². The molecule has 0 heterocycles. The number of benzene rings is 1. The molecule has 0 aliphatic carbocycles. The molecule has 0 fully saturated rings. The van der Waals surface area contributed by atoms with E-state index in [1.165, 1.54) is 18.2 Å². The van der Waals surface area contributed by atoms with Crippen molar-refractivity contribution in [3.05, 3.63) is 24.3 Å². The van der Waals surface area contributed by atoms with E-state index < -0.39 is 0 Å². The van der Waals surface area contributed by atoms with Gasteiger partial charge in [0.15, 0.2) is 0 Å². The molecule has 9 heavy (non-hydrogen) atoms. The Hall–Kier alpha value is -0.450. The molecule has 0 atom stereocenters. The minimum Gasteiger partial charge on any atom is -0.508 e. The summed E-state index contributed by atoms with van der Waals surface area (Å²) in [7, 11) is 0. The third-order valence-electron chi connectivity index (χ3n) is 0.830. The van der Waals surface area contributed by atoms with Gasteiger partial charge in [-0.25, -0.2) is 0 Å². The van der Waals surface area contributed by atoms with Gasteiger partial charge < -0.3 is 10.2 Å². The fraction of sp³-hybridized carbons (Fsp3) is 0. The van der Waals surface area contributed by atoms with Gasteiger partial charge in [-0.05, 0) is 12.1 Å². The third kappa shape index (κ3) is 2.55. The van der Waals surface area contributed by atoms with Gasteiger partial charge in [-0.15, -0.1) is 24.0 Å². The van der Waals surface area contributed by atoms with Crippen molar-refractivity contribution >= 4 is 24.0 Å². The van der Waals surface area contributed by atoms with Crippen LogP contribution in [0.15, 0.2) is 24.3 Å². The molecule has 0 unspecified atom stereocenters. The maximum Gasteiger partial charge on any atom is 0.119 e. The average molecular weight is 238 g/mol. The average Bonchev–Trinajstić information content (AvgIpc) is 1.64. The normalized spacial score (nSPS) is 8.00. The number of phenols is 2. The van der Waals surface area contributed by atoms with Crippen molar-refractivity contribution < 1.29 is 10.2 Å². The van der Waals surface area contributed by atoms with Crippen molar-refractivity contribution in [2.45, 2.75) is 0 Å². The summed E-state index contributed by atoms with van der Waals surface area (Å²) in [5.74, 6) is 0.176. The van der Waals surface area contributed by atoms with Crippen molar-refractivity contribution in [2.75, 3.05) is 0 Å². The van der Waals surface area contributed by atoms with E-state index in [0.29, 0.717) is 0 Å². The van der Waals surface area contributed by atoms with Gasteiger partial charge in [0.2, 0.25) is 0 Å². The Morgan fingerprint density at radius 2 is 1.44 bits per heavy atom. The third-order valence-corrected chi connectivity index (χ3v) is 0.830. The van der Waals surface area contributed by atoms with E-state index in [0.717, 1.165) is 0 Å². The predicted molar refractivity (Wildman–Crippen MR) is 45.2 cm³/mol. The van der Waals surface area contributed by atoms with Gasteiger partial charge in [-0.2, -0.15) is 0 Å². The first-order chi connectivity index (χ1) is 3.79. The lowest BCUT2D eigenvalue weighted by Gasteiger charge is -1.89. The Kier molecular flexibility index (Phi) is 3.37. The lowest BCUT2D eigenvalue weighted by molar-refractivity contribution is 0.450. The molecule has 3 heteroatoms. The van der Waals surface area contributed by atoms with E-state index in [-0.39, 0.29) is 35.5 Å². The zero-order chi connectivity index (χ0) is 5.98. The summed E-state index contributed by atoms with van der Waals surface area (Å²) in [6.45, 7) is 0. The maximum atomic E-state index is 8.65. The summed E-state index contributed by atoms with van der Waals surface area (Å²) in [5.41, 5.74) is 0. The summed E-state index contributed by atoms with van der Waals surface area (Å²) in [6, 6.07) is 5.85. The fourth-order valence-corrected chi connectivity index (χ4v) is 0.493. The largest absolute Gasteiger partial charge is 0.508 e. The Morgan fingerprint density at radius 3 is 1.67 bits per heavy atom. The zero-order valence-electron chi connectivity index (χ0n) is 4.61. The molecule has 0 aliphatic heterocycles. The summed E-state index contributed by atoms with van der Waals surface area (Å²) in [6.07, 6.45) is 0. The highest BCUT2D eigenvalue weighted by Crippen LogP contribution is 2.14. The van der Waals surface area contributed by atoms with Crippen LogP contribution in [0.1, 0.15) is 0 Å². The highest BCUT2D eigenvalue weighted by atomic mass is 127. The lowest BCUT2D eigenvalue weighted by atomic mass is 10.3. The summed E-state index contributed by atoms with van der Waals surface area (Å²) in [4.78, 5) is 0. The lowest BCUT2D eigenvalue weighted by Crippen LogP contribution is -1.61. The van der Waals surface area contributed by atoms with Gasteiger partial charge in [0.1, 0.15) is 11.5 Å². The molecule has 0 saturated heterocycles. The van der Waals surface area contributed by atoms with Gasteiger partial charge in [0.25, 0.3) is 0 Å². The first kappa shape index (κ1) is 8.55. The molecule has 1 rings (SSSR count). The van der Waals surface area contributed by atoms with Crippen LogP contribution in [0.3, 0.4) is 0 Å². The Balaban J connectivity index is 0.000000640. The summed E-state index contributed by atoms with van der Waals surface area (Å²) < 4.78 is 0. The molecule has 0 aromatic heterocycles. The zero-order valence-corrected chi connectivity index (χ0v) is 6.94. The second kappa shape index (κ2) is 3.55. The Morgan fingerprint density at radius 1 is 1.00 bits per heavy atom. The van der Waals surface area contributed by atoms with E-state index in [2.05, 4.69) is 0 Å². The molecule has 0 bridgehead atoms. The van der Waals surface area contributed by atoms with Crippen LogP contribution in [-0.2, 0) is 0 Å². The molecular weight excluding hydrogens is 231 g/mol. The molecule has 2 N–H and O–H groups in total. The van der Waals surface area contributed by atoms with Crippen LogP contribution in [0.4, 0.5) is 0 Å². The smallest absolute Gasteiger partial charge is 0.119 e. The van der Waals surface area contributed by atoms with E-state index in [9.17, 15) is 0 Å². The van der Waals surface area contributed by atoms with Crippen LogP contribution in [0.2, 0.25) is 0 Å². The van der Waals surface area contributed by atoms with E-state index in [1.54, 1.807) is 6.07 Å². The number of halogens is 1. The van der Waals surface area contributed by atoms with Crippen molar-refractivity contribution in [1.82, 2.24) is 0 Å².